The van der Waals surface area contributed by atoms with Crippen LogP contribution in [0.1, 0.15) is 17.3 Å². The van der Waals surface area contributed by atoms with Crippen LogP contribution in [0.4, 0.5) is 0 Å². The van der Waals surface area contributed by atoms with E-state index in [2.05, 4.69) is 44.0 Å². The van der Waals surface area contributed by atoms with Crippen molar-refractivity contribution >= 4 is 37.4 Å². The molecule has 0 amide bonds. The molecule has 0 fully saturated rings. The summed E-state index contributed by atoms with van der Waals surface area (Å²) in [6.07, 6.45) is 1.79. The van der Waals surface area contributed by atoms with Crippen molar-refractivity contribution in [3.05, 3.63) is 51.6 Å². The molecule has 1 aromatic carbocycles. The Kier molecular flexibility index (Phi) is 3.40. The van der Waals surface area contributed by atoms with Gasteiger partial charge in [-0.05, 0) is 38.3 Å². The highest BCUT2D eigenvalue weighted by Crippen LogP contribution is 2.35. The first-order valence-corrected chi connectivity index (χ1v) is 7.49. The molecule has 0 spiro atoms. The van der Waals surface area contributed by atoms with E-state index in [1.807, 2.05) is 23.9 Å². The van der Waals surface area contributed by atoms with Crippen LogP contribution in [0.5, 0.6) is 0 Å². The van der Waals surface area contributed by atoms with E-state index in [-0.39, 0.29) is 6.04 Å². The maximum absolute atomic E-state index is 5.78. The number of rotatable bonds is 3. The molecule has 2 heterocycles. The van der Waals surface area contributed by atoms with Crippen LogP contribution < -0.4 is 11.3 Å². The minimum atomic E-state index is -0.0852. The lowest BCUT2D eigenvalue weighted by molar-refractivity contribution is 0.577. The third-order valence-electron chi connectivity index (χ3n) is 3.20. The molecule has 0 aliphatic rings. The van der Waals surface area contributed by atoms with Crippen LogP contribution in [0.25, 0.3) is 10.1 Å². The van der Waals surface area contributed by atoms with Crippen molar-refractivity contribution in [3.8, 4) is 0 Å². The maximum atomic E-state index is 5.78. The number of nitrogens with zero attached hydrogens (tertiary/aromatic N) is 2. The van der Waals surface area contributed by atoms with Crippen LogP contribution in [-0.2, 0) is 7.05 Å². The first-order chi connectivity index (χ1) is 9.22. The van der Waals surface area contributed by atoms with E-state index in [0.717, 1.165) is 10.2 Å². The summed E-state index contributed by atoms with van der Waals surface area (Å²) in [6, 6.07) is 8.25. The zero-order valence-electron chi connectivity index (χ0n) is 10.3. The largest absolute Gasteiger partial charge is 0.271 e. The van der Waals surface area contributed by atoms with E-state index in [0.29, 0.717) is 0 Å². The summed E-state index contributed by atoms with van der Waals surface area (Å²) < 4.78 is 4.05. The Morgan fingerprint density at radius 3 is 2.89 bits per heavy atom. The third kappa shape index (κ3) is 2.10. The topological polar surface area (TPSA) is 55.9 Å². The molecular formula is C13H13BrN4S. The average molecular weight is 337 g/mol. The number of nitrogens with two attached hydrogens (primary N) is 1. The standard InChI is InChI=1S/C13H13BrN4S/c1-18-13(10(14)6-16-18)12(17-15)9-7-19-11-5-3-2-4-8(9)11/h2-7,12,17H,15H2,1H3. The van der Waals surface area contributed by atoms with Gasteiger partial charge in [0.1, 0.15) is 0 Å². The van der Waals surface area contributed by atoms with Gasteiger partial charge in [0.15, 0.2) is 0 Å². The first-order valence-electron chi connectivity index (χ1n) is 5.82. The van der Waals surface area contributed by atoms with Crippen LogP contribution in [0.15, 0.2) is 40.3 Å². The van der Waals surface area contributed by atoms with Gasteiger partial charge in [0.05, 0.1) is 22.4 Å². The van der Waals surface area contributed by atoms with Gasteiger partial charge in [-0.1, -0.05) is 18.2 Å². The molecule has 3 aromatic rings. The fourth-order valence-electron chi connectivity index (χ4n) is 2.28. The van der Waals surface area contributed by atoms with Gasteiger partial charge in [-0.2, -0.15) is 5.10 Å². The predicted molar refractivity (Wildman–Crippen MR) is 81.9 cm³/mol. The monoisotopic (exact) mass is 336 g/mol. The van der Waals surface area contributed by atoms with Crippen molar-refractivity contribution in [1.82, 2.24) is 15.2 Å². The molecule has 0 aliphatic carbocycles. The summed E-state index contributed by atoms with van der Waals surface area (Å²) in [5, 5.41) is 7.63. The van der Waals surface area contributed by atoms with Crippen molar-refractivity contribution < 1.29 is 0 Å². The zero-order chi connectivity index (χ0) is 13.4. The summed E-state index contributed by atoms with van der Waals surface area (Å²) in [4.78, 5) is 0. The van der Waals surface area contributed by atoms with E-state index in [1.165, 1.54) is 15.6 Å². The maximum Gasteiger partial charge on any atom is 0.0903 e. The van der Waals surface area contributed by atoms with E-state index >= 15 is 0 Å². The molecule has 0 bridgehead atoms. The molecule has 1 atom stereocenters. The van der Waals surface area contributed by atoms with Gasteiger partial charge in [-0.3, -0.25) is 10.5 Å². The Morgan fingerprint density at radius 2 is 2.21 bits per heavy atom. The number of fused-ring (bicyclic) bond motifs is 1. The highest BCUT2D eigenvalue weighted by atomic mass is 79.9. The minimum Gasteiger partial charge on any atom is -0.271 e. The number of thiophene rings is 1. The third-order valence-corrected chi connectivity index (χ3v) is 4.79. The highest BCUT2D eigenvalue weighted by molar-refractivity contribution is 9.10. The van der Waals surface area contributed by atoms with Gasteiger partial charge in [0.2, 0.25) is 0 Å². The Labute approximate surface area is 123 Å². The smallest absolute Gasteiger partial charge is 0.0903 e. The van der Waals surface area contributed by atoms with Crippen LogP contribution in [0.2, 0.25) is 0 Å². The van der Waals surface area contributed by atoms with Crippen LogP contribution in [0.3, 0.4) is 0 Å². The van der Waals surface area contributed by atoms with Crippen LogP contribution in [-0.4, -0.2) is 9.78 Å². The molecule has 4 nitrogen and oxygen atoms in total. The van der Waals surface area contributed by atoms with Crippen molar-refractivity contribution in [3.63, 3.8) is 0 Å². The Morgan fingerprint density at radius 1 is 1.42 bits per heavy atom. The van der Waals surface area contributed by atoms with Gasteiger partial charge in [-0.15, -0.1) is 11.3 Å². The molecule has 98 valence electrons. The highest BCUT2D eigenvalue weighted by Gasteiger charge is 2.22. The lowest BCUT2D eigenvalue weighted by Crippen LogP contribution is -2.30. The van der Waals surface area contributed by atoms with E-state index < -0.39 is 0 Å². The van der Waals surface area contributed by atoms with Crippen molar-refractivity contribution in [2.45, 2.75) is 6.04 Å². The van der Waals surface area contributed by atoms with Crippen LogP contribution >= 0.6 is 27.3 Å². The van der Waals surface area contributed by atoms with E-state index in [9.17, 15) is 0 Å². The van der Waals surface area contributed by atoms with E-state index in [1.54, 1.807) is 17.5 Å². The molecule has 0 radical (unpaired) electrons. The SMILES string of the molecule is Cn1ncc(Br)c1C(NN)c1csc2ccccc12. The first kappa shape index (κ1) is 12.8. The molecule has 6 heteroatoms. The second-order valence-corrected chi connectivity index (χ2v) is 6.05. The summed E-state index contributed by atoms with van der Waals surface area (Å²) in [5.41, 5.74) is 5.09. The van der Waals surface area contributed by atoms with Crippen molar-refractivity contribution in [2.75, 3.05) is 0 Å². The zero-order valence-corrected chi connectivity index (χ0v) is 12.7. The second-order valence-electron chi connectivity index (χ2n) is 4.29. The molecule has 19 heavy (non-hydrogen) atoms. The summed E-state index contributed by atoms with van der Waals surface area (Å²) >= 11 is 5.26. The summed E-state index contributed by atoms with van der Waals surface area (Å²) in [5.74, 6) is 5.78. The van der Waals surface area contributed by atoms with Gasteiger partial charge < -0.3 is 0 Å². The van der Waals surface area contributed by atoms with Crippen molar-refractivity contribution in [2.24, 2.45) is 12.9 Å². The molecule has 0 saturated carbocycles. The van der Waals surface area contributed by atoms with Crippen molar-refractivity contribution in [1.29, 1.82) is 0 Å². The summed E-state index contributed by atoms with van der Waals surface area (Å²) in [6.45, 7) is 0. The number of hydrazine groups is 1. The number of halogens is 1. The molecule has 2 aromatic heterocycles. The van der Waals surface area contributed by atoms with Crippen LogP contribution in [0, 0.1) is 0 Å². The number of aromatic nitrogens is 2. The molecule has 3 rings (SSSR count). The van der Waals surface area contributed by atoms with Gasteiger partial charge in [-0.25, -0.2) is 5.43 Å². The number of hydrogen-bond acceptors (Lipinski definition) is 4. The number of nitrogens with one attached hydrogen (secondary N) is 1. The summed E-state index contributed by atoms with van der Waals surface area (Å²) in [7, 11) is 1.92. The Balaban J connectivity index is 2.18. The van der Waals surface area contributed by atoms with Gasteiger partial charge >= 0.3 is 0 Å². The molecule has 1 unspecified atom stereocenters. The molecule has 0 saturated heterocycles. The van der Waals surface area contributed by atoms with Gasteiger partial charge in [0.25, 0.3) is 0 Å². The minimum absolute atomic E-state index is 0.0852. The average Bonchev–Trinajstić information content (AvgIpc) is 2.98. The Bertz CT molecular complexity index is 699. The fourth-order valence-corrected chi connectivity index (χ4v) is 3.85. The van der Waals surface area contributed by atoms with E-state index in [4.69, 9.17) is 5.84 Å². The fraction of sp³-hybridized carbons (Fsp3) is 0.154. The quantitative estimate of drug-likeness (QED) is 0.571. The Hall–Kier alpha value is -1.21. The lowest BCUT2D eigenvalue weighted by Gasteiger charge is -2.16. The molecule has 3 N–H and O–H groups in total. The number of aryl methyl sites for hydroxylation is 1. The van der Waals surface area contributed by atoms with Gasteiger partial charge in [0, 0.05) is 11.7 Å². The number of benzene rings is 1. The lowest BCUT2D eigenvalue weighted by atomic mass is 10.0. The second kappa shape index (κ2) is 5.05. The normalized spacial score (nSPS) is 13.0. The molecular weight excluding hydrogens is 324 g/mol. The molecule has 0 aliphatic heterocycles. The predicted octanol–water partition coefficient (Wildman–Crippen LogP) is 2.95. The number of hydrogen-bond donors (Lipinski definition) is 2.